The van der Waals surface area contributed by atoms with Crippen molar-refractivity contribution in [3.63, 3.8) is 0 Å². The fourth-order valence-corrected chi connectivity index (χ4v) is 3.51. The Hall–Kier alpha value is -2.05. The van der Waals surface area contributed by atoms with E-state index >= 15 is 0 Å². The van der Waals surface area contributed by atoms with E-state index in [0.717, 1.165) is 16.0 Å². The Kier molecular flexibility index (Phi) is 5.51. The largest absolute Gasteiger partial charge is 0.481 e. The van der Waals surface area contributed by atoms with Gasteiger partial charge in [-0.3, -0.25) is 9.59 Å². The monoisotopic (exact) mass is 366 g/mol. The normalized spacial score (nSPS) is 11.9. The van der Waals surface area contributed by atoms with Crippen LogP contribution < -0.4 is 15.8 Å². The predicted octanol–water partition coefficient (Wildman–Crippen LogP) is 3.83. The first-order valence-electron chi connectivity index (χ1n) is 7.34. The van der Waals surface area contributed by atoms with Gasteiger partial charge in [0.2, 0.25) is 0 Å². The van der Waals surface area contributed by atoms with Gasteiger partial charge in [0.1, 0.15) is 10.8 Å². The number of ether oxygens (including phenoxy) is 1. The molecule has 3 N–H and O–H groups in total. The van der Waals surface area contributed by atoms with Crippen LogP contribution in [-0.2, 0) is 4.79 Å². The minimum atomic E-state index is -0.742. The maximum atomic E-state index is 12.4. The van der Waals surface area contributed by atoms with Gasteiger partial charge >= 0.3 is 0 Å². The van der Waals surface area contributed by atoms with Crippen molar-refractivity contribution in [2.75, 3.05) is 5.32 Å². The molecule has 0 saturated heterocycles. The number of anilines is 1. The number of carbonyl (C=O) groups excluding carboxylic acids is 2. The Bertz CT molecular complexity index is 801. The molecule has 24 heavy (non-hydrogen) atoms. The second-order valence-corrected chi connectivity index (χ2v) is 7.17. The van der Waals surface area contributed by atoms with Crippen LogP contribution in [0.15, 0.2) is 18.2 Å². The zero-order valence-electron chi connectivity index (χ0n) is 13.9. The van der Waals surface area contributed by atoms with Gasteiger partial charge in [-0.15, -0.1) is 11.3 Å². The van der Waals surface area contributed by atoms with E-state index in [-0.39, 0.29) is 5.91 Å². The van der Waals surface area contributed by atoms with Crippen LogP contribution in [0.4, 0.5) is 5.00 Å². The van der Waals surface area contributed by atoms with Crippen molar-refractivity contribution in [1.82, 2.24) is 0 Å². The number of rotatable bonds is 5. The van der Waals surface area contributed by atoms with Gasteiger partial charge in [0.15, 0.2) is 6.10 Å². The average molecular weight is 367 g/mol. The summed E-state index contributed by atoms with van der Waals surface area (Å²) in [4.78, 5) is 24.9. The number of aryl methyl sites for hydroxylation is 2. The molecule has 7 heteroatoms. The molecule has 0 unspecified atom stereocenters. The van der Waals surface area contributed by atoms with Crippen LogP contribution in [-0.4, -0.2) is 17.9 Å². The Balaban J connectivity index is 2.15. The first kappa shape index (κ1) is 18.3. The minimum absolute atomic E-state index is 0.348. The summed E-state index contributed by atoms with van der Waals surface area (Å²) in [6.07, 6.45) is -0.742. The maximum absolute atomic E-state index is 12.4. The van der Waals surface area contributed by atoms with Crippen molar-refractivity contribution in [1.29, 1.82) is 0 Å². The Morgan fingerprint density at radius 2 is 1.96 bits per heavy atom. The van der Waals surface area contributed by atoms with Crippen LogP contribution >= 0.6 is 22.9 Å². The number of thiophene rings is 1. The molecule has 0 radical (unpaired) electrons. The average Bonchev–Trinajstić information content (AvgIpc) is 2.76. The van der Waals surface area contributed by atoms with Gasteiger partial charge in [-0.25, -0.2) is 0 Å². The van der Waals surface area contributed by atoms with Crippen LogP contribution in [0.3, 0.4) is 0 Å². The van der Waals surface area contributed by atoms with E-state index in [2.05, 4.69) is 5.32 Å². The van der Waals surface area contributed by atoms with Crippen molar-refractivity contribution in [2.24, 2.45) is 5.73 Å². The molecule has 0 aliphatic rings. The SMILES string of the molecule is Cc1cc(Cl)ccc1O[C@H](C)C(=O)Nc1sc(C)c(C)c1C(N)=O. The number of halogens is 1. The molecule has 0 aliphatic heterocycles. The van der Waals surface area contributed by atoms with E-state index in [0.29, 0.717) is 21.3 Å². The summed E-state index contributed by atoms with van der Waals surface area (Å²) < 4.78 is 5.69. The number of amides is 2. The molecule has 1 atom stereocenters. The molecule has 128 valence electrons. The van der Waals surface area contributed by atoms with Crippen molar-refractivity contribution >= 4 is 39.8 Å². The number of hydrogen-bond acceptors (Lipinski definition) is 4. The number of carbonyl (C=O) groups is 2. The lowest BCUT2D eigenvalue weighted by Crippen LogP contribution is -2.30. The van der Waals surface area contributed by atoms with E-state index in [1.807, 2.05) is 13.8 Å². The molecule has 1 aromatic heterocycles. The number of benzene rings is 1. The number of nitrogens with one attached hydrogen (secondary N) is 1. The molecule has 1 aromatic carbocycles. The van der Waals surface area contributed by atoms with Gasteiger partial charge in [0.05, 0.1) is 5.56 Å². The third kappa shape index (κ3) is 3.88. The maximum Gasteiger partial charge on any atom is 0.265 e. The lowest BCUT2D eigenvalue weighted by atomic mass is 10.1. The van der Waals surface area contributed by atoms with Gasteiger partial charge < -0.3 is 15.8 Å². The minimum Gasteiger partial charge on any atom is -0.481 e. The fourth-order valence-electron chi connectivity index (χ4n) is 2.21. The van der Waals surface area contributed by atoms with Crippen LogP contribution in [0.1, 0.15) is 33.3 Å². The van der Waals surface area contributed by atoms with Crippen molar-refractivity contribution < 1.29 is 14.3 Å². The molecule has 5 nitrogen and oxygen atoms in total. The molecule has 0 saturated carbocycles. The molecule has 0 spiro atoms. The molecule has 2 aromatic rings. The Morgan fingerprint density at radius 1 is 1.29 bits per heavy atom. The quantitative estimate of drug-likeness (QED) is 0.843. The summed E-state index contributed by atoms with van der Waals surface area (Å²) in [5, 5.41) is 3.79. The standard InChI is InChI=1S/C17H19ClN2O3S/c1-8-7-12(18)5-6-13(8)23-10(3)16(22)20-17-14(15(19)21)9(2)11(4)24-17/h5-7,10H,1-4H3,(H2,19,21)(H,20,22)/t10-/m1/s1. The van der Waals surface area contributed by atoms with Crippen molar-refractivity contribution in [3.8, 4) is 5.75 Å². The van der Waals surface area contributed by atoms with Gasteiger partial charge in [-0.2, -0.15) is 0 Å². The van der Waals surface area contributed by atoms with Gasteiger partial charge in [-0.1, -0.05) is 11.6 Å². The first-order chi connectivity index (χ1) is 11.2. The van der Waals surface area contributed by atoms with Crippen LogP contribution in [0.5, 0.6) is 5.75 Å². The van der Waals surface area contributed by atoms with E-state index in [9.17, 15) is 9.59 Å². The van der Waals surface area contributed by atoms with E-state index in [1.165, 1.54) is 11.3 Å². The summed E-state index contributed by atoms with van der Waals surface area (Å²) in [5.74, 6) is -0.335. The van der Waals surface area contributed by atoms with Crippen molar-refractivity contribution in [3.05, 3.63) is 44.8 Å². The number of hydrogen-bond donors (Lipinski definition) is 2. The van der Waals surface area contributed by atoms with Crippen LogP contribution in [0.2, 0.25) is 5.02 Å². The van der Waals surface area contributed by atoms with Gasteiger partial charge in [-0.05, 0) is 57.0 Å². The van der Waals surface area contributed by atoms with Crippen LogP contribution in [0.25, 0.3) is 0 Å². The van der Waals surface area contributed by atoms with Gasteiger partial charge in [0.25, 0.3) is 11.8 Å². The predicted molar refractivity (Wildman–Crippen MR) is 97.2 cm³/mol. The summed E-state index contributed by atoms with van der Waals surface area (Å²) >= 11 is 7.23. The number of primary amides is 1. The zero-order valence-corrected chi connectivity index (χ0v) is 15.5. The third-order valence-electron chi connectivity index (χ3n) is 3.68. The molecule has 1 heterocycles. The summed E-state index contributed by atoms with van der Waals surface area (Å²) in [7, 11) is 0. The van der Waals surface area contributed by atoms with Gasteiger partial charge in [0, 0.05) is 9.90 Å². The first-order valence-corrected chi connectivity index (χ1v) is 8.53. The smallest absolute Gasteiger partial charge is 0.265 e. The molecule has 0 aliphatic carbocycles. The molecular formula is C17H19ClN2O3S. The second-order valence-electron chi connectivity index (χ2n) is 5.51. The highest BCUT2D eigenvalue weighted by molar-refractivity contribution is 7.16. The lowest BCUT2D eigenvalue weighted by Gasteiger charge is -2.16. The Morgan fingerprint density at radius 3 is 2.54 bits per heavy atom. The molecule has 0 bridgehead atoms. The molecule has 0 fully saturated rings. The molecule has 2 amide bonds. The topological polar surface area (TPSA) is 81.4 Å². The van der Waals surface area contributed by atoms with Crippen molar-refractivity contribution in [2.45, 2.75) is 33.8 Å². The van der Waals surface area contributed by atoms with E-state index in [1.54, 1.807) is 32.0 Å². The second kappa shape index (κ2) is 7.23. The highest BCUT2D eigenvalue weighted by Gasteiger charge is 2.22. The molecular weight excluding hydrogens is 348 g/mol. The van der Waals surface area contributed by atoms with E-state index < -0.39 is 12.0 Å². The molecule has 2 rings (SSSR count). The Labute approximate surface area is 149 Å². The summed E-state index contributed by atoms with van der Waals surface area (Å²) in [6, 6.07) is 5.18. The summed E-state index contributed by atoms with van der Waals surface area (Å²) in [6.45, 7) is 7.17. The van der Waals surface area contributed by atoms with E-state index in [4.69, 9.17) is 22.1 Å². The van der Waals surface area contributed by atoms with Crippen LogP contribution in [0, 0.1) is 20.8 Å². The number of nitrogens with two attached hydrogens (primary N) is 1. The highest BCUT2D eigenvalue weighted by Crippen LogP contribution is 2.32. The third-order valence-corrected chi connectivity index (χ3v) is 5.04. The highest BCUT2D eigenvalue weighted by atomic mass is 35.5. The lowest BCUT2D eigenvalue weighted by molar-refractivity contribution is -0.122. The zero-order chi connectivity index (χ0) is 18.0. The summed E-state index contributed by atoms with van der Waals surface area (Å²) in [5.41, 5.74) is 7.38. The fraction of sp³-hybridized carbons (Fsp3) is 0.294.